The largest absolute Gasteiger partial charge is 0.502 e. The van der Waals surface area contributed by atoms with Gasteiger partial charge in [-0.05, 0) is 25.0 Å². The van der Waals surface area contributed by atoms with Crippen LogP contribution in [-0.2, 0) is 0 Å². The van der Waals surface area contributed by atoms with E-state index < -0.39 is 28.9 Å². The molecule has 0 unspecified atom stereocenters. The molecule has 2 aromatic carbocycles. The number of halogens is 1. The van der Waals surface area contributed by atoms with Crippen molar-refractivity contribution in [3.05, 3.63) is 106 Å². The molecule has 1 aromatic heterocycles. The molecule has 2 aliphatic heterocycles. The van der Waals surface area contributed by atoms with E-state index in [2.05, 4.69) is 0 Å². The Bertz CT molecular complexity index is 1320. The molecule has 1 amide bonds. The highest BCUT2D eigenvalue weighted by molar-refractivity contribution is 5.96. The van der Waals surface area contributed by atoms with Crippen LogP contribution in [0.4, 0.5) is 4.39 Å². The Morgan fingerprint density at radius 3 is 2.62 bits per heavy atom. The second kappa shape index (κ2) is 8.70. The van der Waals surface area contributed by atoms with Crippen LogP contribution in [-0.4, -0.2) is 39.9 Å². The fourth-order valence-corrected chi connectivity index (χ4v) is 4.56. The first-order valence-electron chi connectivity index (χ1n) is 11.1. The van der Waals surface area contributed by atoms with Crippen LogP contribution in [0.2, 0.25) is 0 Å². The third-order valence-corrected chi connectivity index (χ3v) is 6.30. The molecule has 2 aliphatic rings. The zero-order chi connectivity index (χ0) is 23.8. The number of hydrogen-bond donors (Lipinski definition) is 1. The van der Waals surface area contributed by atoms with Crippen molar-refractivity contribution >= 4 is 5.91 Å². The van der Waals surface area contributed by atoms with Gasteiger partial charge in [-0.1, -0.05) is 54.6 Å². The second-order valence-electron chi connectivity index (χ2n) is 8.42. The zero-order valence-corrected chi connectivity index (χ0v) is 18.6. The summed E-state index contributed by atoms with van der Waals surface area (Å²) in [7, 11) is 0. The third kappa shape index (κ3) is 3.61. The summed E-state index contributed by atoms with van der Waals surface area (Å²) < 4.78 is 22.4. The maximum Gasteiger partial charge on any atom is 0.278 e. The molecule has 3 heterocycles. The van der Waals surface area contributed by atoms with Gasteiger partial charge in [0.1, 0.15) is 19.3 Å². The van der Waals surface area contributed by atoms with E-state index in [-0.39, 0.29) is 30.8 Å². The average Bonchev–Trinajstić information content (AvgIpc) is 2.83. The molecule has 34 heavy (non-hydrogen) atoms. The van der Waals surface area contributed by atoms with Gasteiger partial charge < -0.3 is 14.7 Å². The molecule has 5 rings (SSSR count). The number of benzene rings is 2. The number of para-hydroxylation sites is 1. The molecule has 0 aliphatic carbocycles. The number of aromatic nitrogens is 1. The van der Waals surface area contributed by atoms with Gasteiger partial charge in [0, 0.05) is 23.9 Å². The fraction of sp³-hybridized carbons (Fsp3) is 0.231. The number of aromatic hydroxyl groups is 1. The normalized spacial score (nSPS) is 20.9. The summed E-state index contributed by atoms with van der Waals surface area (Å²) >= 11 is 0. The fourth-order valence-electron chi connectivity index (χ4n) is 4.56. The second-order valence-corrected chi connectivity index (χ2v) is 8.42. The van der Waals surface area contributed by atoms with Crippen molar-refractivity contribution in [3.8, 4) is 11.5 Å². The van der Waals surface area contributed by atoms with Crippen LogP contribution < -0.4 is 15.2 Å². The van der Waals surface area contributed by atoms with Crippen molar-refractivity contribution < 1.29 is 19.0 Å². The Morgan fingerprint density at radius 1 is 1.03 bits per heavy atom. The minimum absolute atomic E-state index is 0.116. The lowest BCUT2D eigenvalue weighted by molar-refractivity contribution is 0.0606. The average molecular weight is 461 g/mol. The van der Waals surface area contributed by atoms with E-state index >= 15 is 4.39 Å². The molecule has 0 saturated heterocycles. The lowest BCUT2D eigenvalue weighted by atomic mass is 9.96. The number of pyridine rings is 1. The highest BCUT2D eigenvalue weighted by atomic mass is 19.1. The summed E-state index contributed by atoms with van der Waals surface area (Å²) in [4.78, 5) is 27.3. The Hall–Kier alpha value is -4.07. The summed E-state index contributed by atoms with van der Waals surface area (Å²) in [6.07, 6.45) is 5.68. The van der Waals surface area contributed by atoms with Gasteiger partial charge in [0.25, 0.3) is 5.91 Å². The monoisotopic (exact) mass is 461 g/mol. The maximum absolute atomic E-state index is 15.0. The molecule has 7 nitrogen and oxygen atoms in total. The lowest BCUT2D eigenvalue weighted by Gasteiger charge is -2.46. The van der Waals surface area contributed by atoms with Crippen LogP contribution in [0.5, 0.6) is 11.5 Å². The van der Waals surface area contributed by atoms with Crippen LogP contribution in [0.15, 0.2) is 77.7 Å². The molecule has 0 saturated carbocycles. The van der Waals surface area contributed by atoms with E-state index in [0.29, 0.717) is 12.0 Å². The number of hydrogen-bond acceptors (Lipinski definition) is 5. The number of ether oxygens (including phenoxy) is 1. The summed E-state index contributed by atoms with van der Waals surface area (Å²) in [6, 6.07) is 14.6. The molecular formula is C26H24FN3O4. The summed E-state index contributed by atoms with van der Waals surface area (Å²) in [5.41, 5.74) is 0.635. The molecule has 0 spiro atoms. The molecule has 8 heteroatoms. The van der Waals surface area contributed by atoms with Crippen molar-refractivity contribution in [2.45, 2.75) is 25.4 Å². The van der Waals surface area contributed by atoms with Crippen molar-refractivity contribution in [1.82, 2.24) is 9.58 Å². The summed E-state index contributed by atoms with van der Waals surface area (Å²) in [5.74, 6) is -1.43. The van der Waals surface area contributed by atoms with Crippen molar-refractivity contribution in [2.24, 2.45) is 0 Å². The van der Waals surface area contributed by atoms with Gasteiger partial charge in [-0.25, -0.2) is 4.39 Å². The van der Waals surface area contributed by atoms with Crippen molar-refractivity contribution in [2.75, 3.05) is 18.3 Å². The molecule has 0 fully saturated rings. The molecule has 1 N–H and O–H groups in total. The number of nitrogens with zero attached hydrogens (tertiary/aromatic N) is 3. The van der Waals surface area contributed by atoms with Crippen molar-refractivity contribution in [1.29, 1.82) is 0 Å². The molecule has 2 atom stereocenters. The Labute approximate surface area is 195 Å². The van der Waals surface area contributed by atoms with E-state index in [4.69, 9.17) is 4.74 Å². The van der Waals surface area contributed by atoms with Gasteiger partial charge in [-0.2, -0.15) is 0 Å². The molecule has 2 bridgehead atoms. The molecule has 0 radical (unpaired) electrons. The standard InChI is InChI=1S/C26H24FN3O4/c1-17-8-5-6-15-34-25-19(11-7-12-20(25)27)22(18-9-3-2-4-10-18)30-16-28(17)26(33)23-24(32)21(31)13-14-29(23)30/h2-7,9-14,17,22,32H,8,15-16H2,1H3/b6-5-/t17-,22-/m0/s1. The van der Waals surface area contributed by atoms with Gasteiger partial charge >= 0.3 is 0 Å². The van der Waals surface area contributed by atoms with Crippen LogP contribution in [0.3, 0.4) is 0 Å². The van der Waals surface area contributed by atoms with Gasteiger partial charge in [0.2, 0.25) is 5.43 Å². The van der Waals surface area contributed by atoms with Gasteiger partial charge in [-0.15, -0.1) is 0 Å². The summed E-state index contributed by atoms with van der Waals surface area (Å²) in [5, 5.41) is 12.5. The Balaban J connectivity index is 1.82. The molecule has 174 valence electrons. The number of carbonyl (C=O) groups excluding carboxylic acids is 1. The number of fused-ring (bicyclic) bond motifs is 5. The molecular weight excluding hydrogens is 437 g/mol. The Kier molecular flexibility index (Phi) is 5.57. The van der Waals surface area contributed by atoms with E-state index in [1.165, 1.54) is 23.0 Å². The molecule has 3 aromatic rings. The van der Waals surface area contributed by atoms with E-state index in [0.717, 1.165) is 5.56 Å². The third-order valence-electron chi connectivity index (χ3n) is 6.30. The highest BCUT2D eigenvalue weighted by Gasteiger charge is 2.39. The van der Waals surface area contributed by atoms with Crippen LogP contribution in [0.1, 0.15) is 41.0 Å². The number of amides is 1. The van der Waals surface area contributed by atoms with Gasteiger partial charge in [0.05, 0.1) is 0 Å². The summed E-state index contributed by atoms with van der Waals surface area (Å²) in [6.45, 7) is 2.24. The topological polar surface area (TPSA) is 75.0 Å². The van der Waals surface area contributed by atoms with Gasteiger partial charge in [0.15, 0.2) is 23.0 Å². The Morgan fingerprint density at radius 2 is 1.82 bits per heavy atom. The minimum Gasteiger partial charge on any atom is -0.502 e. The van der Waals surface area contributed by atoms with Crippen LogP contribution in [0, 0.1) is 5.82 Å². The first-order valence-corrected chi connectivity index (χ1v) is 11.1. The minimum atomic E-state index is -0.638. The quantitative estimate of drug-likeness (QED) is 0.561. The first-order chi connectivity index (χ1) is 16.5. The number of carbonyl (C=O) groups is 1. The zero-order valence-electron chi connectivity index (χ0n) is 18.6. The van der Waals surface area contributed by atoms with Gasteiger partial charge in [-0.3, -0.25) is 19.3 Å². The van der Waals surface area contributed by atoms with E-state index in [1.807, 2.05) is 48.3 Å². The van der Waals surface area contributed by atoms with E-state index in [1.54, 1.807) is 23.1 Å². The predicted octanol–water partition coefficient (Wildman–Crippen LogP) is 3.56. The van der Waals surface area contributed by atoms with Crippen LogP contribution >= 0.6 is 0 Å². The van der Waals surface area contributed by atoms with Crippen LogP contribution in [0.25, 0.3) is 0 Å². The SMILES string of the molecule is C[C@H]1C/C=C\COc2c(F)cccc2[C@H](c2ccccc2)N2CN1C(=O)c1c(O)c(=O)ccn12. The van der Waals surface area contributed by atoms with E-state index in [9.17, 15) is 14.7 Å². The first kappa shape index (κ1) is 21.8. The maximum atomic E-state index is 15.0. The highest BCUT2D eigenvalue weighted by Crippen LogP contribution is 2.38. The lowest BCUT2D eigenvalue weighted by Crippen LogP contribution is -2.57. The predicted molar refractivity (Wildman–Crippen MR) is 125 cm³/mol. The smallest absolute Gasteiger partial charge is 0.278 e. The number of rotatable bonds is 1. The van der Waals surface area contributed by atoms with Crippen molar-refractivity contribution in [3.63, 3.8) is 0 Å².